The van der Waals surface area contributed by atoms with Gasteiger partial charge in [0.05, 0.1) is 33.8 Å². The highest BCUT2D eigenvalue weighted by Gasteiger charge is 2.27. The van der Waals surface area contributed by atoms with Gasteiger partial charge in [0.25, 0.3) is 7.82 Å². The van der Waals surface area contributed by atoms with Crippen molar-refractivity contribution in [3.05, 3.63) is 122 Å². The number of esters is 1. The van der Waals surface area contributed by atoms with Crippen LogP contribution in [0.3, 0.4) is 0 Å². The monoisotopic (exact) mass is 1150 g/mol. The van der Waals surface area contributed by atoms with Crippen LogP contribution in [0.4, 0.5) is 0 Å². The molecule has 0 aliphatic heterocycles. The first-order valence-electron chi connectivity index (χ1n) is 32.8. The van der Waals surface area contributed by atoms with Gasteiger partial charge in [-0.3, -0.25) is 14.2 Å². The zero-order chi connectivity index (χ0) is 59.3. The second-order valence-corrected chi connectivity index (χ2v) is 24.3. The van der Waals surface area contributed by atoms with Crippen LogP contribution in [0.5, 0.6) is 0 Å². The number of unbranched alkanes of at least 4 members (excludes halogenated alkanes) is 24. The number of amides is 1. The van der Waals surface area contributed by atoms with Crippen molar-refractivity contribution in [2.75, 3.05) is 40.9 Å². The summed E-state index contributed by atoms with van der Waals surface area (Å²) in [6.45, 7) is 6.64. The Morgan fingerprint density at radius 1 is 0.444 bits per heavy atom. The molecule has 0 heterocycles. The minimum Gasteiger partial charge on any atom is -0.756 e. The fourth-order valence-electron chi connectivity index (χ4n) is 8.83. The summed E-state index contributed by atoms with van der Waals surface area (Å²) in [7, 11) is 1.13. The summed E-state index contributed by atoms with van der Waals surface area (Å²) in [4.78, 5) is 40.0. The lowest BCUT2D eigenvalue weighted by atomic mass is 10.0. The van der Waals surface area contributed by atoms with Gasteiger partial charge in [-0.25, -0.2) is 0 Å². The molecular weight excluding hydrogens is 1020 g/mol. The zero-order valence-electron chi connectivity index (χ0n) is 52.9. The summed E-state index contributed by atoms with van der Waals surface area (Å²) in [5, 5.41) is 2.99. The third-order valence-electron chi connectivity index (χ3n) is 13.9. The highest BCUT2D eigenvalue weighted by atomic mass is 31.2. The molecule has 0 aliphatic rings. The average Bonchev–Trinajstić information content (AvgIpc) is 3.44. The number of quaternary nitrogens is 1. The molecule has 1 N–H and O–H groups in total. The molecule has 0 aliphatic carbocycles. The molecule has 0 aromatic rings. The summed E-state index contributed by atoms with van der Waals surface area (Å²) in [5.74, 6) is -0.619. The maximum absolute atomic E-state index is 13.5. The molecular formula is C71H123N2O7P. The van der Waals surface area contributed by atoms with Crippen LogP contribution in [0.25, 0.3) is 0 Å². The number of hydrogen-bond donors (Lipinski definition) is 1. The molecule has 1 amide bonds. The van der Waals surface area contributed by atoms with Crippen LogP contribution in [-0.2, 0) is 27.9 Å². The van der Waals surface area contributed by atoms with Gasteiger partial charge in [-0.05, 0) is 115 Å². The van der Waals surface area contributed by atoms with Gasteiger partial charge in [0.1, 0.15) is 19.3 Å². The van der Waals surface area contributed by atoms with E-state index in [4.69, 9.17) is 13.8 Å². The summed E-state index contributed by atoms with van der Waals surface area (Å²) in [5.41, 5.74) is 0. The van der Waals surface area contributed by atoms with E-state index in [1.807, 2.05) is 33.3 Å². The number of ether oxygens (including phenoxy) is 1. The van der Waals surface area contributed by atoms with Crippen molar-refractivity contribution in [3.8, 4) is 0 Å². The third kappa shape index (κ3) is 60.8. The van der Waals surface area contributed by atoms with Crippen LogP contribution < -0.4 is 10.2 Å². The number of hydrogen-bond acceptors (Lipinski definition) is 7. The van der Waals surface area contributed by atoms with Crippen LogP contribution in [0.1, 0.15) is 265 Å². The molecule has 0 fully saturated rings. The van der Waals surface area contributed by atoms with E-state index in [1.54, 1.807) is 0 Å². The van der Waals surface area contributed by atoms with Gasteiger partial charge >= 0.3 is 5.97 Å². The van der Waals surface area contributed by atoms with E-state index < -0.39 is 26.6 Å². The standard InChI is InChI=1S/C71H123N2O7P/c1-7-10-13-16-19-22-25-27-29-31-32-33-34-35-36-37-38-39-40-42-44-46-49-52-55-58-61-64-71(75)80-69(62-59-56-53-50-47-24-21-18-15-12-9-3)68(67-79-81(76,77)78-66-65-73(4,5)6)72-70(74)63-60-57-54-51-48-45-43-41-30-28-26-23-20-17-14-11-8-2/h11,14,19-20,22-23,27-30,32-33,35-36,43,45,51,54,59,62,68-69H,7-10,12-13,15-18,21,24-26,31,34,37-42,44,46-50,52-53,55-58,60-61,63-67H2,1-6H3,(H-,72,74,76,77)/b14-11-,22-19-,23-20-,29-27-,30-28-,33-32-,36-35-,45-43-,54-51-,62-59-. The molecule has 0 spiro atoms. The Morgan fingerprint density at radius 3 is 1.23 bits per heavy atom. The summed E-state index contributed by atoms with van der Waals surface area (Å²) in [6, 6.07) is -0.927. The second-order valence-electron chi connectivity index (χ2n) is 22.9. The van der Waals surface area contributed by atoms with E-state index in [0.29, 0.717) is 23.9 Å². The van der Waals surface area contributed by atoms with Crippen LogP contribution in [-0.4, -0.2) is 69.4 Å². The molecule has 3 unspecified atom stereocenters. The number of phosphoric ester groups is 1. The Kier molecular flexibility index (Phi) is 56.9. The smallest absolute Gasteiger partial charge is 0.306 e. The molecule has 0 bridgehead atoms. The Bertz CT molecular complexity index is 1800. The van der Waals surface area contributed by atoms with E-state index >= 15 is 0 Å². The maximum atomic E-state index is 13.5. The molecule has 81 heavy (non-hydrogen) atoms. The quantitative estimate of drug-likeness (QED) is 0.0212. The lowest BCUT2D eigenvalue weighted by Gasteiger charge is -2.30. The van der Waals surface area contributed by atoms with Gasteiger partial charge < -0.3 is 28.5 Å². The molecule has 9 nitrogen and oxygen atoms in total. The lowest BCUT2D eigenvalue weighted by molar-refractivity contribution is -0.870. The van der Waals surface area contributed by atoms with Crippen molar-refractivity contribution in [1.82, 2.24) is 5.32 Å². The average molecular weight is 1150 g/mol. The molecule has 0 saturated carbocycles. The molecule has 0 aromatic carbocycles. The van der Waals surface area contributed by atoms with Crippen LogP contribution >= 0.6 is 7.82 Å². The SMILES string of the molecule is CC/C=C\C/C=C\C/C=C\C/C=C\C/C=C\CCCC(=O)NC(COP(=O)([O-])OCC[N+](C)(C)C)C(/C=C\CCCCCCCCCCC)OC(=O)CCCCCCCCCCCCC/C=C\C/C=C\C/C=C\C/C=C\CCCCC. The summed E-state index contributed by atoms with van der Waals surface area (Å²) < 4.78 is 30.3. The molecule has 0 aromatic heterocycles. The third-order valence-corrected chi connectivity index (χ3v) is 14.8. The van der Waals surface area contributed by atoms with E-state index in [9.17, 15) is 19.0 Å². The predicted octanol–water partition coefficient (Wildman–Crippen LogP) is 20.0. The minimum absolute atomic E-state index is 0.0393. The summed E-state index contributed by atoms with van der Waals surface area (Å²) >= 11 is 0. The van der Waals surface area contributed by atoms with Crippen LogP contribution in [0.2, 0.25) is 0 Å². The zero-order valence-corrected chi connectivity index (χ0v) is 53.8. The van der Waals surface area contributed by atoms with Crippen molar-refractivity contribution in [3.63, 3.8) is 0 Å². The van der Waals surface area contributed by atoms with Gasteiger partial charge in [-0.15, -0.1) is 0 Å². The van der Waals surface area contributed by atoms with Crippen molar-refractivity contribution in [2.24, 2.45) is 0 Å². The van der Waals surface area contributed by atoms with Crippen molar-refractivity contribution in [2.45, 2.75) is 277 Å². The van der Waals surface area contributed by atoms with E-state index in [1.165, 1.54) is 122 Å². The lowest BCUT2D eigenvalue weighted by Crippen LogP contribution is -2.47. The number of carbonyl (C=O) groups is 2. The van der Waals surface area contributed by atoms with Crippen molar-refractivity contribution in [1.29, 1.82) is 0 Å². The Balaban J connectivity index is 5.15. The number of phosphoric acid groups is 1. The van der Waals surface area contributed by atoms with E-state index in [0.717, 1.165) is 96.3 Å². The Morgan fingerprint density at radius 2 is 0.802 bits per heavy atom. The Hall–Kier alpha value is -3.59. The fourth-order valence-corrected chi connectivity index (χ4v) is 9.56. The van der Waals surface area contributed by atoms with Gasteiger partial charge in [-0.2, -0.15) is 0 Å². The topological polar surface area (TPSA) is 114 Å². The normalized spacial score (nSPS) is 14.4. The highest BCUT2D eigenvalue weighted by Crippen LogP contribution is 2.38. The van der Waals surface area contributed by atoms with Gasteiger partial charge in [0.2, 0.25) is 5.91 Å². The fraction of sp³-hybridized carbons (Fsp3) is 0.690. The molecule has 3 atom stereocenters. The largest absolute Gasteiger partial charge is 0.756 e. The van der Waals surface area contributed by atoms with Crippen molar-refractivity contribution < 1.29 is 37.3 Å². The van der Waals surface area contributed by atoms with Gasteiger partial charge in [-0.1, -0.05) is 258 Å². The Labute approximate surface area is 499 Å². The molecule has 464 valence electrons. The van der Waals surface area contributed by atoms with Crippen LogP contribution in [0.15, 0.2) is 122 Å². The van der Waals surface area contributed by atoms with Crippen molar-refractivity contribution >= 4 is 19.7 Å². The molecule has 0 radical (unpaired) electrons. The van der Waals surface area contributed by atoms with Gasteiger partial charge in [0.15, 0.2) is 0 Å². The minimum atomic E-state index is -4.72. The number of carbonyl (C=O) groups excluding carboxylic acids is 2. The first-order chi connectivity index (χ1) is 39.4. The number of nitrogens with zero attached hydrogens (tertiary/aromatic N) is 1. The summed E-state index contributed by atoms with van der Waals surface area (Å²) in [6.07, 6.45) is 83.3. The second kappa shape index (κ2) is 59.6. The number of allylic oxidation sites excluding steroid dienone is 19. The maximum Gasteiger partial charge on any atom is 0.306 e. The van der Waals surface area contributed by atoms with E-state index in [2.05, 4.69) is 135 Å². The molecule has 0 rings (SSSR count). The first-order valence-corrected chi connectivity index (χ1v) is 34.3. The predicted molar refractivity (Wildman–Crippen MR) is 348 cm³/mol. The number of likely N-dealkylation sites (N-methyl/N-ethyl adjacent to an activating group) is 1. The van der Waals surface area contributed by atoms with Gasteiger partial charge in [0, 0.05) is 12.8 Å². The highest BCUT2D eigenvalue weighted by molar-refractivity contribution is 7.45. The number of rotatable bonds is 58. The van der Waals surface area contributed by atoms with E-state index in [-0.39, 0.29) is 31.3 Å². The number of nitrogens with one attached hydrogen (secondary N) is 1. The molecule has 0 saturated heterocycles. The first kappa shape index (κ1) is 77.4. The van der Waals surface area contributed by atoms with Crippen LogP contribution in [0, 0.1) is 0 Å². The molecule has 10 heteroatoms.